The van der Waals surface area contributed by atoms with E-state index in [4.69, 9.17) is 0 Å². The van der Waals surface area contributed by atoms with Crippen LogP contribution in [0.1, 0.15) is 20.8 Å². The van der Waals surface area contributed by atoms with Crippen molar-refractivity contribution in [2.75, 3.05) is 0 Å². The number of benzene rings is 1. The van der Waals surface area contributed by atoms with Gasteiger partial charge in [0.2, 0.25) is 0 Å². The van der Waals surface area contributed by atoms with Crippen LogP contribution in [0.25, 0.3) is 0 Å². The van der Waals surface area contributed by atoms with Crippen molar-refractivity contribution in [1.29, 1.82) is 0 Å². The monoisotopic (exact) mass is 320 g/mol. The Labute approximate surface area is 109 Å². The van der Waals surface area contributed by atoms with Crippen LogP contribution in [0.5, 0.6) is 0 Å². The standard InChI is InChI=1S/C12H8BrF3S/c13-11(10-6-3-7-17-10)8-4-1-2-5-9(8)12(14,15)16/h1-7,11H. The summed E-state index contributed by atoms with van der Waals surface area (Å²) in [7, 11) is 0. The normalized spacial score (nSPS) is 13.6. The zero-order valence-corrected chi connectivity index (χ0v) is 10.9. The van der Waals surface area contributed by atoms with Crippen molar-refractivity contribution >= 4 is 27.3 Å². The van der Waals surface area contributed by atoms with Crippen LogP contribution >= 0.6 is 27.3 Å². The molecule has 0 nitrogen and oxygen atoms in total. The van der Waals surface area contributed by atoms with Crippen molar-refractivity contribution in [3.05, 3.63) is 57.8 Å². The molecule has 2 rings (SSSR count). The molecule has 0 amide bonds. The minimum absolute atomic E-state index is 0.252. The van der Waals surface area contributed by atoms with Gasteiger partial charge < -0.3 is 0 Å². The molecule has 0 aliphatic heterocycles. The zero-order valence-electron chi connectivity index (χ0n) is 8.54. The lowest BCUT2D eigenvalue weighted by Gasteiger charge is -2.16. The molecule has 1 heterocycles. The molecule has 1 aromatic heterocycles. The first-order valence-electron chi connectivity index (χ1n) is 4.84. The van der Waals surface area contributed by atoms with Crippen molar-refractivity contribution < 1.29 is 13.2 Å². The maximum Gasteiger partial charge on any atom is 0.416 e. The molecule has 0 aliphatic carbocycles. The van der Waals surface area contributed by atoms with Gasteiger partial charge in [-0.15, -0.1) is 11.3 Å². The van der Waals surface area contributed by atoms with Crippen molar-refractivity contribution in [1.82, 2.24) is 0 Å². The number of halogens is 4. The molecule has 0 N–H and O–H groups in total. The fourth-order valence-corrected chi connectivity index (χ4v) is 3.16. The van der Waals surface area contributed by atoms with Crippen molar-refractivity contribution in [2.45, 2.75) is 11.0 Å². The molecule has 1 aromatic carbocycles. The van der Waals surface area contributed by atoms with Gasteiger partial charge in [-0.2, -0.15) is 13.2 Å². The van der Waals surface area contributed by atoms with Gasteiger partial charge in [0.05, 0.1) is 10.4 Å². The molecule has 17 heavy (non-hydrogen) atoms. The SMILES string of the molecule is FC(F)(F)c1ccccc1C(Br)c1cccs1. The second-order valence-electron chi connectivity index (χ2n) is 3.46. The average Bonchev–Trinajstić information content (AvgIpc) is 2.80. The van der Waals surface area contributed by atoms with Gasteiger partial charge in [0.25, 0.3) is 0 Å². The van der Waals surface area contributed by atoms with Gasteiger partial charge in [0.1, 0.15) is 0 Å². The second-order valence-corrected chi connectivity index (χ2v) is 5.36. The molecular formula is C12H8BrF3S. The number of hydrogen-bond donors (Lipinski definition) is 0. The molecule has 1 unspecified atom stereocenters. The van der Waals surface area contributed by atoms with Crippen LogP contribution in [0.2, 0.25) is 0 Å². The summed E-state index contributed by atoms with van der Waals surface area (Å²) in [6.45, 7) is 0. The highest BCUT2D eigenvalue weighted by atomic mass is 79.9. The quantitative estimate of drug-likeness (QED) is 0.663. The van der Waals surface area contributed by atoms with Gasteiger partial charge in [-0.05, 0) is 23.1 Å². The van der Waals surface area contributed by atoms with E-state index < -0.39 is 16.6 Å². The van der Waals surface area contributed by atoms with E-state index in [1.54, 1.807) is 6.07 Å². The molecular weight excluding hydrogens is 313 g/mol. The smallest absolute Gasteiger partial charge is 0.166 e. The van der Waals surface area contributed by atoms with E-state index in [1.165, 1.54) is 23.5 Å². The van der Waals surface area contributed by atoms with Gasteiger partial charge in [-0.1, -0.05) is 40.2 Å². The second kappa shape index (κ2) is 4.82. The third kappa shape index (κ3) is 2.72. The van der Waals surface area contributed by atoms with E-state index >= 15 is 0 Å². The third-order valence-corrected chi connectivity index (χ3v) is 4.56. The molecule has 0 radical (unpaired) electrons. The Morgan fingerprint density at radius 2 is 1.76 bits per heavy atom. The minimum Gasteiger partial charge on any atom is -0.166 e. The lowest BCUT2D eigenvalue weighted by Crippen LogP contribution is -2.09. The van der Waals surface area contributed by atoms with Crippen LogP contribution in [0.3, 0.4) is 0 Å². The number of rotatable bonds is 2. The molecule has 0 fully saturated rings. The van der Waals surface area contributed by atoms with E-state index in [1.807, 2.05) is 17.5 Å². The first kappa shape index (κ1) is 12.6. The van der Waals surface area contributed by atoms with Crippen LogP contribution < -0.4 is 0 Å². The summed E-state index contributed by atoms with van der Waals surface area (Å²) in [4.78, 5) is 0.446. The Kier molecular flexibility index (Phi) is 3.58. The molecule has 0 spiro atoms. The van der Waals surface area contributed by atoms with Gasteiger partial charge in [-0.25, -0.2) is 0 Å². The molecule has 5 heteroatoms. The highest BCUT2D eigenvalue weighted by Crippen LogP contribution is 2.41. The summed E-state index contributed by atoms with van der Waals surface area (Å²) >= 11 is 4.76. The van der Waals surface area contributed by atoms with Gasteiger partial charge >= 0.3 is 6.18 Å². The van der Waals surface area contributed by atoms with Crippen molar-refractivity contribution in [2.24, 2.45) is 0 Å². The summed E-state index contributed by atoms with van der Waals surface area (Å²) < 4.78 is 38.5. The average molecular weight is 321 g/mol. The predicted molar refractivity (Wildman–Crippen MR) is 66.5 cm³/mol. The maximum absolute atomic E-state index is 12.8. The lowest BCUT2D eigenvalue weighted by molar-refractivity contribution is -0.138. The van der Waals surface area contributed by atoms with Gasteiger partial charge in [0.15, 0.2) is 0 Å². The molecule has 2 aromatic rings. The number of thiophene rings is 1. The molecule has 90 valence electrons. The highest BCUT2D eigenvalue weighted by Gasteiger charge is 2.34. The van der Waals surface area contributed by atoms with Crippen LogP contribution in [0.4, 0.5) is 13.2 Å². The predicted octanol–water partition coefficient (Wildman–Crippen LogP) is 5.25. The van der Waals surface area contributed by atoms with Crippen molar-refractivity contribution in [3.63, 3.8) is 0 Å². The van der Waals surface area contributed by atoms with Crippen molar-refractivity contribution in [3.8, 4) is 0 Å². The summed E-state index contributed by atoms with van der Waals surface area (Å²) in [5.41, 5.74) is -0.335. The zero-order chi connectivity index (χ0) is 12.5. The molecule has 0 saturated heterocycles. The van der Waals surface area contributed by atoms with Crippen LogP contribution in [0, 0.1) is 0 Å². The summed E-state index contributed by atoms with van der Waals surface area (Å²) in [5, 5.41) is 1.85. The Morgan fingerprint density at radius 1 is 1.06 bits per heavy atom. The fraction of sp³-hybridized carbons (Fsp3) is 0.167. The highest BCUT2D eigenvalue weighted by molar-refractivity contribution is 9.09. The lowest BCUT2D eigenvalue weighted by atomic mass is 10.0. The summed E-state index contributed by atoms with van der Waals surface area (Å²) in [6, 6.07) is 9.27. The summed E-state index contributed by atoms with van der Waals surface area (Å²) in [6.07, 6.45) is -4.32. The van der Waals surface area contributed by atoms with Gasteiger partial charge in [0, 0.05) is 4.88 Å². The third-order valence-electron chi connectivity index (χ3n) is 2.33. The van der Waals surface area contributed by atoms with Gasteiger partial charge in [-0.3, -0.25) is 0 Å². The minimum atomic E-state index is -4.32. The van der Waals surface area contributed by atoms with Crippen LogP contribution in [0.15, 0.2) is 41.8 Å². The first-order chi connectivity index (χ1) is 8.00. The molecule has 0 aliphatic rings. The Bertz CT molecular complexity index is 491. The maximum atomic E-state index is 12.8. The topological polar surface area (TPSA) is 0 Å². The van der Waals surface area contributed by atoms with E-state index in [2.05, 4.69) is 15.9 Å². The van der Waals surface area contributed by atoms with E-state index in [9.17, 15) is 13.2 Å². The molecule has 0 bridgehead atoms. The fourth-order valence-electron chi connectivity index (χ4n) is 1.56. The van der Waals surface area contributed by atoms with E-state index in [0.717, 1.165) is 10.9 Å². The van der Waals surface area contributed by atoms with Crippen LogP contribution in [-0.2, 0) is 6.18 Å². The molecule has 1 atom stereocenters. The number of alkyl halides is 4. The largest absolute Gasteiger partial charge is 0.416 e. The Balaban J connectivity index is 2.46. The summed E-state index contributed by atoms with van der Waals surface area (Å²) in [5.74, 6) is 0. The Morgan fingerprint density at radius 3 is 2.35 bits per heavy atom. The van der Waals surface area contributed by atoms with E-state index in [0.29, 0.717) is 0 Å². The van der Waals surface area contributed by atoms with E-state index in [-0.39, 0.29) is 5.56 Å². The Hall–Kier alpha value is -0.810. The first-order valence-corrected chi connectivity index (χ1v) is 6.63. The van der Waals surface area contributed by atoms with Crippen LogP contribution in [-0.4, -0.2) is 0 Å². The number of hydrogen-bond acceptors (Lipinski definition) is 1. The molecule has 0 saturated carbocycles.